The van der Waals surface area contributed by atoms with Crippen LogP contribution in [0.4, 0.5) is 194 Å². The minimum atomic E-state index is -10.7. The number of halogens is 43. The maximum atomic E-state index is 14.5. The van der Waals surface area contributed by atoms with Gasteiger partial charge in [-0.1, -0.05) is 0 Å². The number of aliphatic imine (C=N–C) groups is 1. The number of aryl methyl sites for hydroxylation is 1. The Hall–Kier alpha value is -4.94. The number of benzene rings is 1. The molecule has 1 unspecified atom stereocenters. The van der Waals surface area contributed by atoms with Gasteiger partial charge in [-0.15, -0.1) is 0 Å². The van der Waals surface area contributed by atoms with Gasteiger partial charge >= 0.3 is 125 Å². The van der Waals surface area contributed by atoms with Crippen molar-refractivity contribution in [2.45, 2.75) is 151 Å². The highest BCUT2D eigenvalue weighted by molar-refractivity contribution is 5.95. The van der Waals surface area contributed by atoms with Crippen LogP contribution in [0.5, 0.6) is 0 Å². The molecule has 1 aromatic rings. The molecule has 0 aliphatic rings. The number of nitrogens with zero attached hydrogens (tertiary/aromatic N) is 1. The molecule has 0 bridgehead atoms. The number of hydrogen-bond donors (Lipinski definition) is 1. The Morgan fingerprint density at radius 1 is 0.375 bits per heavy atom. The van der Waals surface area contributed by atoms with E-state index in [0.717, 1.165) is 24.4 Å². The lowest BCUT2D eigenvalue weighted by Gasteiger charge is -2.47. The first-order chi connectivity index (χ1) is 34.2. The Balaban J connectivity index is 4.04. The highest BCUT2D eigenvalue weighted by Gasteiger charge is 3.03. The number of alkyl halides is 43. The fraction of sp³-hybridized carbons (Fsp3) is 0.758. The summed E-state index contributed by atoms with van der Waals surface area (Å²) in [5.74, 6) is -203. The molecule has 0 aliphatic heterocycles. The summed E-state index contributed by atoms with van der Waals surface area (Å²) in [6.45, 7) is 0.968. The van der Waals surface area contributed by atoms with Crippen molar-refractivity contribution in [1.29, 1.82) is 0 Å². The number of isocyanates is 1. The molecule has 1 rings (SSSR count). The third-order valence-corrected chi connectivity index (χ3v) is 10.4. The molecule has 1 amide bonds. The zero-order chi connectivity index (χ0) is 65.3. The normalized spacial score (nSPS) is 16.6. The number of amides is 1. The summed E-state index contributed by atoms with van der Waals surface area (Å²) in [7, 11) is 0. The number of hydrogen-bond acceptors (Lipinski definition) is 3. The number of nitrogens with one attached hydrogen (secondary N) is 1. The van der Waals surface area contributed by atoms with Crippen molar-refractivity contribution < 1.29 is 198 Å². The second-order valence-electron chi connectivity index (χ2n) is 16.0. The molecule has 468 valence electrons. The Morgan fingerprint density at radius 3 is 0.800 bits per heavy atom. The van der Waals surface area contributed by atoms with Gasteiger partial charge in [-0.05, 0) is 37.6 Å². The summed E-state index contributed by atoms with van der Waals surface area (Å²) in [5, 5.41) is 1.12. The van der Waals surface area contributed by atoms with E-state index in [1.54, 1.807) is 0 Å². The molecule has 47 heteroatoms. The molecule has 0 saturated heterocycles. The summed E-state index contributed by atoms with van der Waals surface area (Å²) in [6, 6.07) is -0.956. The topological polar surface area (TPSA) is 58.5 Å². The molecule has 0 radical (unpaired) electrons. The van der Waals surface area contributed by atoms with Gasteiger partial charge in [-0.25, -0.2) is 4.79 Å². The van der Waals surface area contributed by atoms with Gasteiger partial charge < -0.3 is 5.32 Å². The third kappa shape index (κ3) is 9.20. The molecule has 0 saturated carbocycles. The van der Waals surface area contributed by atoms with E-state index in [2.05, 4.69) is 4.99 Å². The van der Waals surface area contributed by atoms with Gasteiger partial charge in [0.2, 0.25) is 6.08 Å². The van der Waals surface area contributed by atoms with Crippen LogP contribution in [0, 0.1) is 6.92 Å². The minimum Gasteiger partial charge on any atom is -0.349 e. The predicted octanol–water partition coefficient (Wildman–Crippen LogP) is 15.7. The highest BCUT2D eigenvalue weighted by atomic mass is 19.4. The highest BCUT2D eigenvalue weighted by Crippen LogP contribution is 2.72. The van der Waals surface area contributed by atoms with E-state index in [-0.39, 0.29) is 12.5 Å². The Kier molecular flexibility index (Phi) is 17.6. The molecule has 0 fully saturated rings. The zero-order valence-corrected chi connectivity index (χ0v) is 36.0. The summed E-state index contributed by atoms with van der Waals surface area (Å²) < 4.78 is 601. The second kappa shape index (κ2) is 19.3. The molecule has 0 aliphatic carbocycles. The van der Waals surface area contributed by atoms with E-state index >= 15 is 0 Å². The van der Waals surface area contributed by atoms with E-state index in [1.165, 1.54) is 0 Å². The maximum Gasteiger partial charge on any atom is 0.460 e. The lowest BCUT2D eigenvalue weighted by atomic mass is 9.81. The molecule has 0 aromatic heterocycles. The number of carbonyl (C=O) groups is 1. The first-order valence-electron chi connectivity index (χ1n) is 18.3. The van der Waals surface area contributed by atoms with Crippen molar-refractivity contribution >= 4 is 17.7 Å². The predicted molar refractivity (Wildman–Crippen MR) is 166 cm³/mol. The number of carbonyl (C=O) groups excluding carboxylic acids is 2. The van der Waals surface area contributed by atoms with Crippen molar-refractivity contribution in [3.63, 3.8) is 0 Å². The standard InChI is InChI=1S/C33H13F43N2O2/c1-8-3-10(5-11(4-8)77-7-79)12(80)78-9(2)6-13(34,35)14(36,37)15(38,39)16(40,41)17(42,43)18(44,45)19(46,47)20(48,49)21(50,51)22(52,53)23(54,55)24(56,57)25(58,59)26(60,61)27(62,63)28(64,65)29(66,67)30(68,69)31(70,71)32(72,73)33(74,75)76/h3-5,9H,6H2,1-2H3,(H,78,80). The van der Waals surface area contributed by atoms with Crippen molar-refractivity contribution in [1.82, 2.24) is 5.32 Å². The Bertz CT molecular complexity index is 2500. The summed E-state index contributed by atoms with van der Waals surface area (Å²) in [5.41, 5.74) is -1.61. The van der Waals surface area contributed by atoms with Crippen LogP contribution in [0.2, 0.25) is 0 Å². The van der Waals surface area contributed by atoms with Gasteiger partial charge in [-0.2, -0.15) is 194 Å². The average Bonchev–Trinajstić information content (AvgIpc) is 3.24. The van der Waals surface area contributed by atoms with Gasteiger partial charge in [0, 0.05) is 18.0 Å². The van der Waals surface area contributed by atoms with Crippen LogP contribution in [0.25, 0.3) is 0 Å². The third-order valence-electron chi connectivity index (χ3n) is 10.4. The van der Waals surface area contributed by atoms with E-state index in [4.69, 9.17) is 0 Å². The molecule has 4 nitrogen and oxygen atoms in total. The number of rotatable bonds is 24. The van der Waals surface area contributed by atoms with Crippen LogP contribution in [0.3, 0.4) is 0 Å². The smallest absolute Gasteiger partial charge is 0.349 e. The minimum absolute atomic E-state index is 0.0700. The fourth-order valence-corrected chi connectivity index (χ4v) is 5.64. The van der Waals surface area contributed by atoms with Crippen molar-refractivity contribution in [2.24, 2.45) is 4.99 Å². The van der Waals surface area contributed by atoms with Crippen LogP contribution < -0.4 is 5.32 Å². The Morgan fingerprint density at radius 2 is 0.588 bits per heavy atom. The molecule has 0 heterocycles. The zero-order valence-electron chi connectivity index (χ0n) is 36.0. The van der Waals surface area contributed by atoms with Crippen LogP contribution in [0.15, 0.2) is 23.2 Å². The van der Waals surface area contributed by atoms with Gasteiger partial charge in [0.25, 0.3) is 5.91 Å². The largest absolute Gasteiger partial charge is 0.460 e. The fourth-order valence-electron chi connectivity index (χ4n) is 5.64. The lowest BCUT2D eigenvalue weighted by Crippen LogP contribution is -2.80. The molecule has 1 atom stereocenters. The van der Waals surface area contributed by atoms with E-state index in [1.807, 2.05) is 0 Å². The monoisotopic (exact) mass is 1290 g/mol. The molecule has 1 N–H and O–H groups in total. The molecule has 1 aromatic carbocycles. The van der Waals surface area contributed by atoms with Crippen molar-refractivity contribution in [3.8, 4) is 0 Å². The first kappa shape index (κ1) is 73.1. The van der Waals surface area contributed by atoms with Crippen LogP contribution in [-0.4, -0.2) is 143 Å². The van der Waals surface area contributed by atoms with E-state index < -0.39 is 154 Å². The van der Waals surface area contributed by atoms with Crippen molar-refractivity contribution in [3.05, 3.63) is 29.3 Å². The summed E-state index contributed by atoms with van der Waals surface area (Å²) in [6.07, 6.45) is -11.2. The van der Waals surface area contributed by atoms with E-state index in [9.17, 15) is 198 Å². The maximum absolute atomic E-state index is 14.5. The van der Waals surface area contributed by atoms with Gasteiger partial charge in [-0.3, -0.25) is 4.79 Å². The average molecular weight is 1290 g/mol. The van der Waals surface area contributed by atoms with Crippen molar-refractivity contribution in [2.75, 3.05) is 0 Å². The molecular formula is C33H13F43N2O2. The SMILES string of the molecule is Cc1cc(N=C=O)cc(C(=O)NC(C)CC(F)(F)C(F)(F)C(F)(F)C(F)(F)C(F)(F)C(F)(F)C(F)(F)C(F)(F)C(F)(F)C(F)(F)C(F)(F)C(F)(F)C(F)(F)C(F)(F)C(F)(F)C(F)(F)C(F)(F)C(F)(F)C(F)(F)C(F)(F)C(F)(F)F)c1. The molecular weight excluding hydrogens is 1270 g/mol. The molecule has 0 spiro atoms. The summed E-state index contributed by atoms with van der Waals surface area (Å²) >= 11 is 0. The molecule has 80 heavy (non-hydrogen) atoms. The Labute approximate surface area is 407 Å². The quantitative estimate of drug-likeness (QED) is 0.0637. The summed E-state index contributed by atoms with van der Waals surface area (Å²) in [4.78, 5) is 25.7. The van der Waals surface area contributed by atoms with Gasteiger partial charge in [0.1, 0.15) is 0 Å². The second-order valence-corrected chi connectivity index (χ2v) is 16.0. The first-order valence-corrected chi connectivity index (χ1v) is 18.3. The lowest BCUT2D eigenvalue weighted by molar-refractivity contribution is -0.496. The van der Waals surface area contributed by atoms with Crippen LogP contribution in [-0.2, 0) is 4.79 Å². The van der Waals surface area contributed by atoms with E-state index in [0.29, 0.717) is 12.1 Å². The van der Waals surface area contributed by atoms with Crippen LogP contribution in [0.1, 0.15) is 29.3 Å². The van der Waals surface area contributed by atoms with Crippen LogP contribution >= 0.6 is 0 Å². The van der Waals surface area contributed by atoms with Gasteiger partial charge in [0.05, 0.1) is 5.69 Å². The van der Waals surface area contributed by atoms with Gasteiger partial charge in [0.15, 0.2) is 0 Å².